The van der Waals surface area contributed by atoms with E-state index in [2.05, 4.69) is 5.32 Å². The third-order valence-corrected chi connectivity index (χ3v) is 4.07. The maximum absolute atomic E-state index is 13.9. The van der Waals surface area contributed by atoms with Crippen LogP contribution in [-0.4, -0.2) is 27.4 Å². The summed E-state index contributed by atoms with van der Waals surface area (Å²) in [6.07, 6.45) is 0.918. The molecule has 2 aromatic carbocycles. The van der Waals surface area contributed by atoms with E-state index in [9.17, 15) is 4.39 Å². The van der Waals surface area contributed by atoms with Crippen molar-refractivity contribution in [3.8, 4) is 11.5 Å². The zero-order chi connectivity index (χ0) is 18.1. The van der Waals surface area contributed by atoms with Crippen LogP contribution in [0, 0.1) is 5.82 Å². The molecule has 0 atom stereocenters. The molecule has 0 fully saturated rings. The topological polar surface area (TPSA) is 39.7 Å². The molecule has 6 heteroatoms. The third-order valence-electron chi connectivity index (χ3n) is 3.72. The smallest absolute Gasteiger partial charge is 0.166 e. The van der Waals surface area contributed by atoms with Crippen LogP contribution in [0.2, 0.25) is 5.02 Å². The number of methoxy groups -OCH3 is 2. The van der Waals surface area contributed by atoms with Crippen LogP contribution in [0.15, 0.2) is 36.4 Å². The van der Waals surface area contributed by atoms with Gasteiger partial charge in [0, 0.05) is 31.4 Å². The fourth-order valence-electron chi connectivity index (χ4n) is 2.40. The van der Waals surface area contributed by atoms with Crippen LogP contribution < -0.4 is 14.8 Å². The normalized spacial score (nSPS) is 10.7. The second kappa shape index (κ2) is 10.2. The lowest BCUT2D eigenvalue weighted by Crippen LogP contribution is -2.17. The van der Waals surface area contributed by atoms with Crippen molar-refractivity contribution < 1.29 is 18.6 Å². The van der Waals surface area contributed by atoms with Gasteiger partial charge in [-0.3, -0.25) is 0 Å². The number of hydrogen-bond acceptors (Lipinski definition) is 4. The highest BCUT2D eigenvalue weighted by Crippen LogP contribution is 2.32. The molecule has 0 aliphatic rings. The van der Waals surface area contributed by atoms with Crippen molar-refractivity contribution >= 4 is 11.6 Å². The molecular formula is C19H23ClFNO3. The van der Waals surface area contributed by atoms with Gasteiger partial charge in [-0.25, -0.2) is 4.39 Å². The van der Waals surface area contributed by atoms with Gasteiger partial charge in [0.15, 0.2) is 11.5 Å². The fourth-order valence-corrected chi connectivity index (χ4v) is 2.62. The summed E-state index contributed by atoms with van der Waals surface area (Å²) in [6.45, 7) is 2.17. The van der Waals surface area contributed by atoms with Gasteiger partial charge >= 0.3 is 0 Å². The lowest BCUT2D eigenvalue weighted by atomic mass is 10.1. The molecule has 0 aliphatic carbocycles. The van der Waals surface area contributed by atoms with Gasteiger partial charge in [-0.15, -0.1) is 0 Å². The van der Waals surface area contributed by atoms with Gasteiger partial charge in [-0.2, -0.15) is 0 Å². The quantitative estimate of drug-likeness (QED) is 0.639. The molecule has 2 rings (SSSR count). The minimum absolute atomic E-state index is 0.0303. The molecule has 0 saturated carbocycles. The molecular weight excluding hydrogens is 345 g/mol. The molecule has 136 valence electrons. The number of hydrogen-bond donors (Lipinski definition) is 1. The van der Waals surface area contributed by atoms with Crippen LogP contribution in [0.3, 0.4) is 0 Å². The lowest BCUT2D eigenvalue weighted by molar-refractivity contribution is 0.194. The monoisotopic (exact) mass is 367 g/mol. The number of para-hydroxylation sites is 1. The van der Waals surface area contributed by atoms with E-state index in [1.165, 1.54) is 6.07 Å². The van der Waals surface area contributed by atoms with Crippen molar-refractivity contribution in [1.82, 2.24) is 5.32 Å². The van der Waals surface area contributed by atoms with Crippen molar-refractivity contribution in [3.05, 3.63) is 58.4 Å². The summed E-state index contributed by atoms with van der Waals surface area (Å²) in [5.41, 5.74) is 1.26. The summed E-state index contributed by atoms with van der Waals surface area (Å²) in [5, 5.41) is 3.68. The molecule has 2 aromatic rings. The van der Waals surface area contributed by atoms with Gasteiger partial charge in [-0.05, 0) is 31.2 Å². The standard InChI is InChI=1S/C19H23ClFNO3/c1-23-11-5-10-22-12-14-6-3-9-18(24-2)19(14)25-13-15-16(20)7-4-8-17(15)21/h3-4,6-9,22H,5,10-13H2,1-2H3. The number of ether oxygens (including phenoxy) is 3. The average molecular weight is 368 g/mol. The van der Waals surface area contributed by atoms with E-state index in [1.54, 1.807) is 26.4 Å². The molecule has 0 heterocycles. The van der Waals surface area contributed by atoms with Crippen LogP contribution in [0.1, 0.15) is 17.5 Å². The van der Waals surface area contributed by atoms with E-state index in [-0.39, 0.29) is 12.4 Å². The minimum Gasteiger partial charge on any atom is -0.493 e. The van der Waals surface area contributed by atoms with Crippen molar-refractivity contribution in [1.29, 1.82) is 0 Å². The number of benzene rings is 2. The van der Waals surface area contributed by atoms with E-state index < -0.39 is 0 Å². The summed E-state index contributed by atoms with van der Waals surface area (Å²) >= 11 is 6.07. The Kier molecular flexibility index (Phi) is 7.98. The highest BCUT2D eigenvalue weighted by Gasteiger charge is 2.13. The zero-order valence-corrected chi connectivity index (χ0v) is 15.2. The summed E-state index contributed by atoms with van der Waals surface area (Å²) < 4.78 is 30.2. The first kappa shape index (κ1) is 19.5. The van der Waals surface area contributed by atoms with Crippen LogP contribution in [0.4, 0.5) is 4.39 Å². The Balaban J connectivity index is 2.09. The molecule has 0 saturated heterocycles. The summed E-state index contributed by atoms with van der Waals surface area (Å²) in [7, 11) is 3.26. The molecule has 0 aromatic heterocycles. The summed E-state index contributed by atoms with van der Waals surface area (Å²) in [4.78, 5) is 0. The Labute approximate surface area is 152 Å². The van der Waals surface area contributed by atoms with Gasteiger partial charge in [0.1, 0.15) is 12.4 Å². The van der Waals surface area contributed by atoms with E-state index in [4.69, 9.17) is 25.8 Å². The van der Waals surface area contributed by atoms with Crippen LogP contribution in [0.5, 0.6) is 11.5 Å². The van der Waals surface area contributed by atoms with Gasteiger partial charge in [0.2, 0.25) is 0 Å². The van der Waals surface area contributed by atoms with E-state index in [1.807, 2.05) is 18.2 Å². The Bertz CT molecular complexity index is 661. The Hall–Kier alpha value is -1.82. The second-order valence-corrected chi connectivity index (χ2v) is 5.87. The SMILES string of the molecule is COCCCNCc1cccc(OC)c1OCc1c(F)cccc1Cl. The maximum Gasteiger partial charge on any atom is 0.166 e. The van der Waals surface area contributed by atoms with Crippen LogP contribution >= 0.6 is 11.6 Å². The predicted octanol–water partition coefficient (Wildman–Crippen LogP) is 4.19. The van der Waals surface area contributed by atoms with E-state index in [0.29, 0.717) is 35.2 Å². The fraction of sp³-hybridized carbons (Fsp3) is 0.368. The first-order valence-electron chi connectivity index (χ1n) is 8.08. The Morgan fingerprint density at radius 2 is 1.92 bits per heavy atom. The van der Waals surface area contributed by atoms with Crippen LogP contribution in [-0.2, 0) is 17.9 Å². The highest BCUT2D eigenvalue weighted by atomic mass is 35.5. The van der Waals surface area contributed by atoms with Gasteiger partial charge in [0.25, 0.3) is 0 Å². The second-order valence-electron chi connectivity index (χ2n) is 5.46. The largest absolute Gasteiger partial charge is 0.493 e. The number of rotatable bonds is 10. The van der Waals surface area contributed by atoms with E-state index >= 15 is 0 Å². The number of halogens is 2. The van der Waals surface area contributed by atoms with Gasteiger partial charge in [-0.1, -0.05) is 29.8 Å². The Morgan fingerprint density at radius 1 is 1.12 bits per heavy atom. The zero-order valence-electron chi connectivity index (χ0n) is 14.5. The molecule has 0 spiro atoms. The molecule has 25 heavy (non-hydrogen) atoms. The number of nitrogens with one attached hydrogen (secondary N) is 1. The third kappa shape index (κ3) is 5.59. The molecule has 0 unspecified atom stereocenters. The molecule has 0 aliphatic heterocycles. The van der Waals surface area contributed by atoms with Gasteiger partial charge < -0.3 is 19.5 Å². The molecule has 0 radical (unpaired) electrons. The van der Waals surface area contributed by atoms with Gasteiger partial charge in [0.05, 0.1) is 12.1 Å². The molecule has 0 bridgehead atoms. The first-order valence-corrected chi connectivity index (χ1v) is 8.46. The molecule has 4 nitrogen and oxygen atoms in total. The van der Waals surface area contributed by atoms with Crippen LogP contribution in [0.25, 0.3) is 0 Å². The maximum atomic E-state index is 13.9. The average Bonchev–Trinajstić information content (AvgIpc) is 2.61. The summed E-state index contributed by atoms with van der Waals surface area (Å²) in [6, 6.07) is 10.2. The van der Waals surface area contributed by atoms with E-state index in [0.717, 1.165) is 18.5 Å². The van der Waals surface area contributed by atoms with Crippen molar-refractivity contribution in [2.24, 2.45) is 0 Å². The summed E-state index contributed by atoms with van der Waals surface area (Å²) in [5.74, 6) is 0.800. The lowest BCUT2D eigenvalue weighted by Gasteiger charge is -2.16. The predicted molar refractivity (Wildman–Crippen MR) is 96.9 cm³/mol. The Morgan fingerprint density at radius 3 is 2.64 bits per heavy atom. The molecule has 1 N–H and O–H groups in total. The van der Waals surface area contributed by atoms with Crippen molar-refractivity contribution in [3.63, 3.8) is 0 Å². The first-order chi connectivity index (χ1) is 12.2. The molecule has 0 amide bonds. The van der Waals surface area contributed by atoms with Crippen molar-refractivity contribution in [2.45, 2.75) is 19.6 Å². The minimum atomic E-state index is -0.387. The highest BCUT2D eigenvalue weighted by molar-refractivity contribution is 6.31. The van der Waals surface area contributed by atoms with Crippen molar-refractivity contribution in [2.75, 3.05) is 27.4 Å².